The molecule has 2 rings (SSSR count). The van der Waals surface area contributed by atoms with Crippen molar-refractivity contribution in [1.29, 1.82) is 0 Å². The number of hydrogen-bond acceptors (Lipinski definition) is 3. The number of carbonyl (C=O) groups excluding carboxylic acids is 1. The van der Waals surface area contributed by atoms with E-state index < -0.39 is 12.0 Å². The number of hydrogen-bond donors (Lipinski definition) is 2. The van der Waals surface area contributed by atoms with E-state index >= 15 is 0 Å². The van der Waals surface area contributed by atoms with Gasteiger partial charge in [0.2, 0.25) is 5.91 Å². The largest absolute Gasteiger partial charge is 0.480 e. The summed E-state index contributed by atoms with van der Waals surface area (Å²) in [6.45, 7) is 0. The Balaban J connectivity index is 1.79. The Morgan fingerprint density at radius 2 is 2.28 bits per heavy atom. The molecule has 6 heteroatoms. The number of carboxylic acid groups (broad SMARTS) is 1. The molecular weight excluding hydrogens is 274 g/mol. The molecule has 98 valence electrons. The number of halogens is 1. The first-order valence-corrected chi connectivity index (χ1v) is 7.07. The molecule has 1 heterocycles. The van der Waals surface area contributed by atoms with E-state index in [0.717, 1.165) is 17.7 Å². The lowest BCUT2D eigenvalue weighted by atomic mass is 10.1. The van der Waals surface area contributed by atoms with E-state index in [1.165, 1.54) is 11.3 Å². The minimum Gasteiger partial charge on any atom is -0.480 e. The molecule has 1 unspecified atom stereocenters. The molecule has 1 fully saturated rings. The van der Waals surface area contributed by atoms with Gasteiger partial charge in [-0.2, -0.15) is 0 Å². The first-order chi connectivity index (χ1) is 8.56. The van der Waals surface area contributed by atoms with Crippen LogP contribution in [0.5, 0.6) is 0 Å². The van der Waals surface area contributed by atoms with E-state index in [1.54, 1.807) is 0 Å². The van der Waals surface area contributed by atoms with Gasteiger partial charge in [0.05, 0.1) is 5.02 Å². The summed E-state index contributed by atoms with van der Waals surface area (Å²) in [5.74, 6) is -1.04. The van der Waals surface area contributed by atoms with Gasteiger partial charge in [-0.3, -0.25) is 4.79 Å². The number of thiophene rings is 1. The third-order valence-corrected chi connectivity index (χ3v) is 4.24. The lowest BCUT2D eigenvalue weighted by molar-refractivity contribution is -0.142. The highest BCUT2D eigenvalue weighted by atomic mass is 35.5. The third-order valence-electron chi connectivity index (χ3n) is 2.90. The van der Waals surface area contributed by atoms with Gasteiger partial charge in [-0.05, 0) is 31.2 Å². The molecule has 1 aliphatic rings. The normalized spacial score (nSPS) is 16.3. The Hall–Kier alpha value is -1.07. The maximum atomic E-state index is 11.7. The molecule has 1 atom stereocenters. The summed E-state index contributed by atoms with van der Waals surface area (Å²) >= 11 is 7.29. The van der Waals surface area contributed by atoms with Crippen molar-refractivity contribution in [3.05, 3.63) is 21.3 Å². The molecule has 1 aromatic rings. The minimum atomic E-state index is -0.940. The molecule has 18 heavy (non-hydrogen) atoms. The Labute approximate surface area is 114 Å². The first kappa shape index (κ1) is 13.4. The Morgan fingerprint density at radius 1 is 1.56 bits per heavy atom. The molecule has 2 N–H and O–H groups in total. The van der Waals surface area contributed by atoms with Crippen LogP contribution in [-0.2, 0) is 16.0 Å². The van der Waals surface area contributed by atoms with Crippen LogP contribution in [0.3, 0.4) is 0 Å². The van der Waals surface area contributed by atoms with Gasteiger partial charge < -0.3 is 10.4 Å². The monoisotopic (exact) mass is 287 g/mol. The number of carbonyl (C=O) groups is 2. The van der Waals surface area contributed by atoms with E-state index in [2.05, 4.69) is 5.32 Å². The van der Waals surface area contributed by atoms with Crippen molar-refractivity contribution in [2.75, 3.05) is 0 Å². The number of aliphatic carboxylic acids is 1. The molecule has 1 aliphatic carbocycles. The van der Waals surface area contributed by atoms with Gasteiger partial charge in [-0.1, -0.05) is 11.6 Å². The van der Waals surface area contributed by atoms with Gasteiger partial charge in [0.25, 0.3) is 0 Å². The summed E-state index contributed by atoms with van der Waals surface area (Å²) in [4.78, 5) is 23.7. The zero-order valence-electron chi connectivity index (χ0n) is 9.69. The van der Waals surface area contributed by atoms with E-state index in [4.69, 9.17) is 16.7 Å². The number of nitrogens with one attached hydrogen (secondary N) is 1. The smallest absolute Gasteiger partial charge is 0.326 e. The van der Waals surface area contributed by atoms with Crippen molar-refractivity contribution in [2.24, 2.45) is 5.92 Å². The van der Waals surface area contributed by atoms with Gasteiger partial charge in [0.15, 0.2) is 0 Å². The summed E-state index contributed by atoms with van der Waals surface area (Å²) in [5.41, 5.74) is 0. The number of aryl methyl sites for hydroxylation is 1. The standard InChI is InChI=1S/C12H14ClNO3S/c13-8-5-9(18-6-8)3-4-10(15)14-11(12(16)17)7-1-2-7/h5-7,11H,1-4H2,(H,14,15)(H,16,17). The SMILES string of the molecule is O=C(CCc1cc(Cl)cs1)NC(C(=O)O)C1CC1. The molecule has 0 aliphatic heterocycles. The summed E-state index contributed by atoms with van der Waals surface area (Å²) < 4.78 is 0. The van der Waals surface area contributed by atoms with Crippen LogP contribution < -0.4 is 5.32 Å². The zero-order chi connectivity index (χ0) is 13.1. The van der Waals surface area contributed by atoms with Crippen molar-refractivity contribution in [1.82, 2.24) is 5.32 Å². The van der Waals surface area contributed by atoms with Crippen LogP contribution in [0.4, 0.5) is 0 Å². The highest BCUT2D eigenvalue weighted by Crippen LogP contribution is 2.32. The number of carboxylic acids is 1. The summed E-state index contributed by atoms with van der Waals surface area (Å²) in [6, 6.07) is 1.11. The third kappa shape index (κ3) is 3.71. The Kier molecular flexibility index (Phi) is 4.24. The number of rotatable bonds is 6. The molecule has 1 amide bonds. The van der Waals surface area contributed by atoms with Crippen molar-refractivity contribution in [3.63, 3.8) is 0 Å². The van der Waals surface area contributed by atoms with E-state index in [9.17, 15) is 9.59 Å². The second-order valence-corrected chi connectivity index (χ2v) is 5.88. The molecular formula is C12H14ClNO3S. The molecule has 0 saturated heterocycles. The van der Waals surface area contributed by atoms with E-state index in [0.29, 0.717) is 17.9 Å². The molecule has 0 aromatic carbocycles. The van der Waals surface area contributed by atoms with Crippen LogP contribution >= 0.6 is 22.9 Å². The molecule has 4 nitrogen and oxygen atoms in total. The molecule has 1 aromatic heterocycles. The van der Waals surface area contributed by atoms with Gasteiger partial charge in [0.1, 0.15) is 6.04 Å². The zero-order valence-corrected chi connectivity index (χ0v) is 11.3. The first-order valence-electron chi connectivity index (χ1n) is 5.81. The fraction of sp³-hybridized carbons (Fsp3) is 0.500. The maximum Gasteiger partial charge on any atom is 0.326 e. The summed E-state index contributed by atoms with van der Waals surface area (Å²) in [5, 5.41) is 14.1. The van der Waals surface area contributed by atoms with E-state index in [1.807, 2.05) is 11.4 Å². The summed E-state index contributed by atoms with van der Waals surface area (Å²) in [6.07, 6.45) is 2.67. The average Bonchev–Trinajstić information content (AvgIpc) is 3.06. The number of amides is 1. The van der Waals surface area contributed by atoms with Crippen LogP contribution in [0.1, 0.15) is 24.1 Å². The van der Waals surface area contributed by atoms with Crippen LogP contribution in [0.2, 0.25) is 5.02 Å². The van der Waals surface area contributed by atoms with E-state index in [-0.39, 0.29) is 11.8 Å². The Morgan fingerprint density at radius 3 is 2.78 bits per heavy atom. The fourth-order valence-electron chi connectivity index (χ4n) is 1.78. The Bertz CT molecular complexity index is 456. The quantitative estimate of drug-likeness (QED) is 0.844. The average molecular weight is 288 g/mol. The van der Waals surface area contributed by atoms with Crippen molar-refractivity contribution in [2.45, 2.75) is 31.7 Å². The van der Waals surface area contributed by atoms with Crippen LogP contribution in [0.25, 0.3) is 0 Å². The highest BCUT2D eigenvalue weighted by Gasteiger charge is 2.37. The molecule has 0 radical (unpaired) electrons. The van der Waals surface area contributed by atoms with Gasteiger partial charge in [-0.15, -0.1) is 11.3 Å². The highest BCUT2D eigenvalue weighted by molar-refractivity contribution is 7.10. The van der Waals surface area contributed by atoms with Crippen molar-refractivity contribution in [3.8, 4) is 0 Å². The van der Waals surface area contributed by atoms with Crippen LogP contribution in [-0.4, -0.2) is 23.0 Å². The van der Waals surface area contributed by atoms with Crippen molar-refractivity contribution < 1.29 is 14.7 Å². The second-order valence-electron chi connectivity index (χ2n) is 4.45. The predicted octanol–water partition coefficient (Wildman–Crippen LogP) is 2.31. The minimum absolute atomic E-state index is 0.114. The second kappa shape index (κ2) is 5.71. The van der Waals surface area contributed by atoms with Gasteiger partial charge in [0, 0.05) is 16.7 Å². The summed E-state index contributed by atoms with van der Waals surface area (Å²) in [7, 11) is 0. The topological polar surface area (TPSA) is 66.4 Å². The van der Waals surface area contributed by atoms with Crippen LogP contribution in [0.15, 0.2) is 11.4 Å². The van der Waals surface area contributed by atoms with Gasteiger partial charge in [-0.25, -0.2) is 4.79 Å². The van der Waals surface area contributed by atoms with Crippen LogP contribution in [0, 0.1) is 5.92 Å². The van der Waals surface area contributed by atoms with Crippen molar-refractivity contribution >= 4 is 34.8 Å². The fourth-order valence-corrected chi connectivity index (χ4v) is 2.85. The maximum absolute atomic E-state index is 11.7. The molecule has 1 saturated carbocycles. The molecule has 0 spiro atoms. The lowest BCUT2D eigenvalue weighted by Gasteiger charge is -2.13. The lowest BCUT2D eigenvalue weighted by Crippen LogP contribution is -2.42. The molecule has 0 bridgehead atoms. The van der Waals surface area contributed by atoms with Gasteiger partial charge >= 0.3 is 5.97 Å². The predicted molar refractivity (Wildman–Crippen MR) is 69.9 cm³/mol.